The average molecular weight is 325 g/mol. The summed E-state index contributed by atoms with van der Waals surface area (Å²) in [5.74, 6) is -0.951. The lowest BCUT2D eigenvalue weighted by Gasteiger charge is -2.08. The van der Waals surface area contributed by atoms with Crippen molar-refractivity contribution in [1.82, 2.24) is 0 Å². The van der Waals surface area contributed by atoms with Gasteiger partial charge in [0.2, 0.25) is 0 Å². The summed E-state index contributed by atoms with van der Waals surface area (Å²) < 4.78 is 0. The fourth-order valence-corrected chi connectivity index (χ4v) is 3.05. The Morgan fingerprint density at radius 3 is 2.08 bits per heavy atom. The maximum atomic E-state index is 11.1. The monoisotopic (exact) mass is 325 g/mol. The number of fused-ring (bicyclic) bond motifs is 2. The van der Waals surface area contributed by atoms with E-state index in [1.807, 2.05) is 30.5 Å². The van der Waals surface area contributed by atoms with Crippen LogP contribution in [0, 0.1) is 0 Å². The highest BCUT2D eigenvalue weighted by molar-refractivity contribution is 6.13. The number of aromatic carboxylic acids is 1. The molecule has 0 saturated heterocycles. The molecule has 4 aromatic carbocycles. The maximum Gasteiger partial charge on any atom is 0.335 e. The summed E-state index contributed by atoms with van der Waals surface area (Å²) in [4.78, 5) is 15.7. The summed E-state index contributed by atoms with van der Waals surface area (Å²) in [6.07, 6.45) is 1.83. The highest BCUT2D eigenvalue weighted by Crippen LogP contribution is 2.28. The summed E-state index contributed by atoms with van der Waals surface area (Å²) in [6, 6.07) is 25.2. The molecular formula is C22H15NO2. The molecule has 0 amide bonds. The van der Waals surface area contributed by atoms with Gasteiger partial charge in [0, 0.05) is 11.8 Å². The van der Waals surface area contributed by atoms with Gasteiger partial charge >= 0.3 is 5.97 Å². The Kier molecular flexibility index (Phi) is 3.75. The van der Waals surface area contributed by atoms with Crippen LogP contribution in [0.3, 0.4) is 0 Å². The molecule has 3 nitrogen and oxygen atoms in total. The number of aliphatic imine (C=N–C) groups is 1. The summed E-state index contributed by atoms with van der Waals surface area (Å²) in [7, 11) is 0. The molecule has 0 atom stereocenters. The third-order valence-electron chi connectivity index (χ3n) is 4.25. The minimum atomic E-state index is -0.951. The van der Waals surface area contributed by atoms with Crippen molar-refractivity contribution in [3.63, 3.8) is 0 Å². The molecule has 0 heterocycles. The molecule has 0 spiro atoms. The second kappa shape index (κ2) is 6.21. The van der Waals surface area contributed by atoms with Crippen molar-refractivity contribution in [2.24, 2.45) is 4.99 Å². The van der Waals surface area contributed by atoms with Gasteiger partial charge in [-0.15, -0.1) is 0 Å². The number of hydrogen-bond acceptors (Lipinski definition) is 2. The molecular weight excluding hydrogens is 310 g/mol. The quantitative estimate of drug-likeness (QED) is 0.402. The van der Waals surface area contributed by atoms with E-state index in [2.05, 4.69) is 35.3 Å². The van der Waals surface area contributed by atoms with Crippen LogP contribution in [0.4, 0.5) is 5.69 Å². The Labute approximate surface area is 144 Å². The van der Waals surface area contributed by atoms with E-state index in [0.29, 0.717) is 5.69 Å². The van der Waals surface area contributed by atoms with E-state index in [1.165, 1.54) is 0 Å². The van der Waals surface area contributed by atoms with Crippen LogP contribution < -0.4 is 0 Å². The molecule has 0 fully saturated rings. The van der Waals surface area contributed by atoms with Crippen LogP contribution in [0.1, 0.15) is 15.9 Å². The molecule has 0 aliphatic carbocycles. The van der Waals surface area contributed by atoms with Gasteiger partial charge in [-0.2, -0.15) is 0 Å². The lowest BCUT2D eigenvalue weighted by Crippen LogP contribution is -1.94. The van der Waals surface area contributed by atoms with Gasteiger partial charge in [-0.1, -0.05) is 54.6 Å². The van der Waals surface area contributed by atoms with Crippen molar-refractivity contribution in [3.8, 4) is 0 Å². The molecule has 0 aliphatic heterocycles. The third kappa shape index (κ3) is 2.88. The van der Waals surface area contributed by atoms with Crippen LogP contribution in [-0.2, 0) is 0 Å². The van der Waals surface area contributed by atoms with E-state index < -0.39 is 5.97 Å². The van der Waals surface area contributed by atoms with Gasteiger partial charge < -0.3 is 5.11 Å². The number of nitrogens with zero attached hydrogens (tertiary/aromatic N) is 1. The van der Waals surface area contributed by atoms with Gasteiger partial charge in [0.25, 0.3) is 0 Å². The predicted molar refractivity (Wildman–Crippen MR) is 102 cm³/mol. The summed E-state index contributed by atoms with van der Waals surface area (Å²) in [5, 5.41) is 13.7. The molecule has 0 unspecified atom stereocenters. The molecule has 1 N–H and O–H groups in total. The van der Waals surface area contributed by atoms with E-state index in [1.54, 1.807) is 24.3 Å². The lowest BCUT2D eigenvalue weighted by atomic mass is 9.97. The first kappa shape index (κ1) is 15.1. The van der Waals surface area contributed by atoms with Crippen molar-refractivity contribution in [3.05, 3.63) is 90.0 Å². The Balaban J connectivity index is 1.90. The molecule has 120 valence electrons. The van der Waals surface area contributed by atoms with E-state index in [4.69, 9.17) is 5.11 Å². The van der Waals surface area contributed by atoms with Gasteiger partial charge in [0.1, 0.15) is 0 Å². The zero-order valence-electron chi connectivity index (χ0n) is 13.4. The number of carboxylic acid groups (broad SMARTS) is 1. The van der Waals surface area contributed by atoms with Crippen LogP contribution in [0.25, 0.3) is 21.5 Å². The van der Waals surface area contributed by atoms with Crippen molar-refractivity contribution < 1.29 is 9.90 Å². The fraction of sp³-hybridized carbons (Fsp3) is 0. The average Bonchev–Trinajstić information content (AvgIpc) is 2.65. The highest BCUT2D eigenvalue weighted by atomic mass is 16.4. The number of rotatable bonds is 3. The van der Waals surface area contributed by atoms with Crippen LogP contribution in [0.15, 0.2) is 83.9 Å². The van der Waals surface area contributed by atoms with Crippen LogP contribution in [-0.4, -0.2) is 17.3 Å². The van der Waals surface area contributed by atoms with E-state index in [9.17, 15) is 4.79 Å². The Morgan fingerprint density at radius 2 is 1.44 bits per heavy atom. The first-order valence-electron chi connectivity index (χ1n) is 8.00. The van der Waals surface area contributed by atoms with E-state index in [0.717, 1.165) is 27.1 Å². The van der Waals surface area contributed by atoms with E-state index >= 15 is 0 Å². The topological polar surface area (TPSA) is 49.7 Å². The van der Waals surface area contributed by atoms with Gasteiger partial charge in [0.15, 0.2) is 0 Å². The number of carbonyl (C=O) groups is 1. The zero-order valence-corrected chi connectivity index (χ0v) is 13.4. The molecule has 0 radical (unpaired) electrons. The molecule has 0 aromatic heterocycles. The van der Waals surface area contributed by atoms with Gasteiger partial charge in [-0.3, -0.25) is 4.99 Å². The second-order valence-corrected chi connectivity index (χ2v) is 5.85. The molecule has 0 aliphatic rings. The number of hydrogen-bond donors (Lipinski definition) is 1. The normalized spacial score (nSPS) is 11.4. The van der Waals surface area contributed by atoms with Gasteiger partial charge in [-0.25, -0.2) is 4.79 Å². The first-order valence-corrected chi connectivity index (χ1v) is 8.00. The summed E-state index contributed by atoms with van der Waals surface area (Å²) in [6.45, 7) is 0. The first-order chi connectivity index (χ1) is 12.2. The van der Waals surface area contributed by atoms with Crippen molar-refractivity contribution in [1.29, 1.82) is 0 Å². The number of benzene rings is 4. The van der Waals surface area contributed by atoms with Gasteiger partial charge in [-0.05, 0) is 45.8 Å². The minimum Gasteiger partial charge on any atom is -0.478 e. The highest BCUT2D eigenvalue weighted by Gasteiger charge is 2.06. The summed E-state index contributed by atoms with van der Waals surface area (Å²) >= 11 is 0. The smallest absolute Gasteiger partial charge is 0.335 e. The third-order valence-corrected chi connectivity index (χ3v) is 4.25. The Morgan fingerprint density at radius 1 is 0.800 bits per heavy atom. The second-order valence-electron chi connectivity index (χ2n) is 5.85. The minimum absolute atomic E-state index is 0.234. The molecule has 25 heavy (non-hydrogen) atoms. The molecule has 0 bridgehead atoms. The van der Waals surface area contributed by atoms with Crippen molar-refractivity contribution in [2.75, 3.05) is 0 Å². The summed E-state index contributed by atoms with van der Waals surface area (Å²) in [5.41, 5.74) is 1.89. The van der Waals surface area contributed by atoms with Crippen LogP contribution in [0.5, 0.6) is 0 Å². The largest absolute Gasteiger partial charge is 0.478 e. The Bertz CT molecular complexity index is 1080. The fourth-order valence-electron chi connectivity index (χ4n) is 3.05. The molecule has 3 heteroatoms. The van der Waals surface area contributed by atoms with Gasteiger partial charge in [0.05, 0.1) is 11.3 Å². The maximum absolute atomic E-state index is 11.1. The molecule has 4 rings (SSSR count). The molecule has 0 saturated carbocycles. The van der Waals surface area contributed by atoms with E-state index in [-0.39, 0.29) is 5.56 Å². The van der Waals surface area contributed by atoms with Crippen LogP contribution >= 0.6 is 0 Å². The molecule has 4 aromatic rings. The number of carboxylic acids is 1. The zero-order chi connectivity index (χ0) is 17.2. The lowest BCUT2D eigenvalue weighted by molar-refractivity contribution is 0.0697. The Hall–Kier alpha value is -3.46. The standard InChI is InChI=1S/C22H15NO2/c24-22(25)17-8-5-9-18(13-17)23-14-21-19-10-3-1-6-15(19)12-16-7-2-4-11-20(16)21/h1-14H,(H,24,25). The van der Waals surface area contributed by atoms with Crippen LogP contribution in [0.2, 0.25) is 0 Å². The van der Waals surface area contributed by atoms with Crippen molar-refractivity contribution >= 4 is 39.4 Å². The predicted octanol–water partition coefficient (Wildman–Crippen LogP) is 5.44. The SMILES string of the molecule is O=C(O)c1cccc(N=Cc2c3ccccc3cc3ccccc23)c1. The van der Waals surface area contributed by atoms with Crippen molar-refractivity contribution in [2.45, 2.75) is 0 Å².